The Morgan fingerprint density at radius 1 is 1.55 bits per heavy atom. The topological polar surface area (TPSA) is 52.3 Å². The molecule has 0 saturated carbocycles. The number of amides is 1. The van der Waals surface area contributed by atoms with Crippen LogP contribution in [0.1, 0.15) is 0 Å². The molecule has 0 rings (SSSR count). The number of primary amides is 1. The molecule has 0 aromatic rings. The zero-order valence-corrected chi connectivity index (χ0v) is 5.19. The number of alkyl halides is 4. The van der Waals surface area contributed by atoms with Gasteiger partial charge in [0.15, 0.2) is 6.61 Å². The van der Waals surface area contributed by atoms with Gasteiger partial charge in [0, 0.05) is 0 Å². The standard InChI is InChI=1S/C4H5F4NO2/c5-2(6)4(7,8)1-11-3(9)10/h2H,1H2,(H2,9,10). The SMILES string of the molecule is NC(=O)OCC(F)(F)C(F)F. The van der Waals surface area contributed by atoms with Crippen LogP contribution >= 0.6 is 0 Å². The minimum atomic E-state index is -4.32. The van der Waals surface area contributed by atoms with Gasteiger partial charge in [-0.1, -0.05) is 0 Å². The fraction of sp³-hybridized carbons (Fsp3) is 0.750. The molecule has 0 fully saturated rings. The summed E-state index contributed by atoms with van der Waals surface area (Å²) in [5.74, 6) is -4.32. The van der Waals surface area contributed by atoms with Gasteiger partial charge in [0.25, 0.3) is 0 Å². The molecule has 0 saturated heterocycles. The lowest BCUT2D eigenvalue weighted by Gasteiger charge is -2.13. The lowest BCUT2D eigenvalue weighted by atomic mass is 10.4. The first kappa shape index (κ1) is 9.99. The Bertz CT molecular complexity index is 149. The van der Waals surface area contributed by atoms with E-state index in [2.05, 4.69) is 10.5 Å². The van der Waals surface area contributed by atoms with Crippen molar-refractivity contribution in [3.8, 4) is 0 Å². The highest BCUT2D eigenvalue weighted by molar-refractivity contribution is 5.64. The van der Waals surface area contributed by atoms with Gasteiger partial charge in [-0.05, 0) is 0 Å². The molecule has 0 aromatic heterocycles. The van der Waals surface area contributed by atoms with Crippen molar-refractivity contribution in [1.82, 2.24) is 0 Å². The van der Waals surface area contributed by atoms with E-state index in [0.717, 1.165) is 0 Å². The van der Waals surface area contributed by atoms with Gasteiger partial charge in [-0.15, -0.1) is 0 Å². The average molecular weight is 175 g/mol. The normalized spacial score (nSPS) is 11.7. The number of hydrogen-bond acceptors (Lipinski definition) is 2. The first-order chi connectivity index (χ1) is 4.86. The van der Waals surface area contributed by atoms with Crippen LogP contribution in [0.5, 0.6) is 0 Å². The van der Waals surface area contributed by atoms with Crippen molar-refractivity contribution in [2.45, 2.75) is 12.3 Å². The Morgan fingerprint density at radius 3 is 2.27 bits per heavy atom. The van der Waals surface area contributed by atoms with Crippen LogP contribution in [0.15, 0.2) is 0 Å². The quantitative estimate of drug-likeness (QED) is 0.650. The minimum Gasteiger partial charge on any atom is -0.443 e. The van der Waals surface area contributed by atoms with Gasteiger partial charge in [0.1, 0.15) is 0 Å². The van der Waals surface area contributed by atoms with Gasteiger partial charge in [-0.25, -0.2) is 13.6 Å². The Morgan fingerprint density at radius 2 is 2.00 bits per heavy atom. The van der Waals surface area contributed by atoms with Crippen molar-refractivity contribution in [3.05, 3.63) is 0 Å². The van der Waals surface area contributed by atoms with E-state index in [-0.39, 0.29) is 0 Å². The van der Waals surface area contributed by atoms with Crippen LogP contribution in [0.2, 0.25) is 0 Å². The fourth-order valence-corrected chi connectivity index (χ4v) is 0.230. The first-order valence-electron chi connectivity index (χ1n) is 2.44. The highest BCUT2D eigenvalue weighted by Crippen LogP contribution is 2.22. The summed E-state index contributed by atoms with van der Waals surface area (Å²) in [6, 6.07) is 0. The third-order valence-electron chi connectivity index (χ3n) is 0.726. The number of nitrogens with two attached hydrogens (primary N) is 1. The summed E-state index contributed by atoms with van der Waals surface area (Å²) >= 11 is 0. The van der Waals surface area contributed by atoms with Crippen molar-refractivity contribution in [2.75, 3.05) is 6.61 Å². The number of carbonyl (C=O) groups excluding carboxylic acids is 1. The van der Waals surface area contributed by atoms with Gasteiger partial charge >= 0.3 is 18.4 Å². The van der Waals surface area contributed by atoms with E-state index in [0.29, 0.717) is 0 Å². The third-order valence-corrected chi connectivity index (χ3v) is 0.726. The highest BCUT2D eigenvalue weighted by atomic mass is 19.3. The molecule has 0 unspecified atom stereocenters. The molecule has 0 atom stereocenters. The molecule has 0 aliphatic rings. The van der Waals surface area contributed by atoms with Crippen LogP contribution < -0.4 is 5.73 Å². The van der Waals surface area contributed by atoms with Gasteiger partial charge in [0.05, 0.1) is 0 Å². The molecule has 0 heterocycles. The van der Waals surface area contributed by atoms with E-state index in [1.165, 1.54) is 0 Å². The number of hydrogen-bond donors (Lipinski definition) is 1. The van der Waals surface area contributed by atoms with E-state index in [1.54, 1.807) is 0 Å². The summed E-state index contributed by atoms with van der Waals surface area (Å²) < 4.78 is 49.7. The van der Waals surface area contributed by atoms with E-state index < -0.39 is 25.0 Å². The molecule has 3 nitrogen and oxygen atoms in total. The Hall–Kier alpha value is -1.01. The molecule has 1 amide bonds. The van der Waals surface area contributed by atoms with E-state index >= 15 is 0 Å². The summed E-state index contributed by atoms with van der Waals surface area (Å²) in [5, 5.41) is 0. The van der Waals surface area contributed by atoms with E-state index in [4.69, 9.17) is 0 Å². The Kier molecular flexibility index (Phi) is 3.09. The summed E-state index contributed by atoms with van der Waals surface area (Å²) in [6.45, 7) is -1.69. The van der Waals surface area contributed by atoms with E-state index in [9.17, 15) is 22.4 Å². The molecule has 0 radical (unpaired) electrons. The van der Waals surface area contributed by atoms with Crippen LogP contribution in [-0.2, 0) is 4.74 Å². The number of carbonyl (C=O) groups is 1. The van der Waals surface area contributed by atoms with Crippen LogP contribution in [-0.4, -0.2) is 25.0 Å². The zero-order valence-electron chi connectivity index (χ0n) is 5.19. The summed E-state index contributed by atoms with van der Waals surface area (Å²) in [6.07, 6.45) is -5.37. The van der Waals surface area contributed by atoms with Gasteiger partial charge < -0.3 is 10.5 Å². The predicted octanol–water partition coefficient (Wildman–Crippen LogP) is 0.982. The van der Waals surface area contributed by atoms with E-state index in [1.807, 2.05) is 0 Å². The predicted molar refractivity (Wildman–Crippen MR) is 26.5 cm³/mol. The minimum absolute atomic E-state index is 1.51. The smallest absolute Gasteiger partial charge is 0.404 e. The van der Waals surface area contributed by atoms with Crippen molar-refractivity contribution >= 4 is 6.09 Å². The summed E-state index contributed by atoms with van der Waals surface area (Å²) in [7, 11) is 0. The van der Waals surface area contributed by atoms with Crippen molar-refractivity contribution < 1.29 is 27.1 Å². The molecule has 0 aliphatic heterocycles. The first-order valence-corrected chi connectivity index (χ1v) is 2.44. The third kappa shape index (κ3) is 3.64. The second kappa shape index (κ2) is 3.40. The molecule has 0 aliphatic carbocycles. The molecule has 11 heavy (non-hydrogen) atoms. The van der Waals surface area contributed by atoms with Crippen LogP contribution in [0.4, 0.5) is 22.4 Å². The van der Waals surface area contributed by atoms with Crippen LogP contribution in [0, 0.1) is 0 Å². The lowest BCUT2D eigenvalue weighted by molar-refractivity contribution is -0.153. The van der Waals surface area contributed by atoms with Gasteiger partial charge in [0.2, 0.25) is 0 Å². The maximum atomic E-state index is 11.8. The number of ether oxygens (including phenoxy) is 1. The molecular weight excluding hydrogens is 170 g/mol. The lowest BCUT2D eigenvalue weighted by Crippen LogP contribution is -2.34. The van der Waals surface area contributed by atoms with Crippen LogP contribution in [0.25, 0.3) is 0 Å². The molecule has 0 spiro atoms. The second-order valence-corrected chi connectivity index (χ2v) is 1.67. The average Bonchev–Trinajstić information content (AvgIpc) is 1.84. The second-order valence-electron chi connectivity index (χ2n) is 1.67. The summed E-state index contributed by atoms with van der Waals surface area (Å²) in [5.41, 5.74) is 4.26. The zero-order chi connectivity index (χ0) is 9.07. The molecular formula is C4H5F4NO2. The van der Waals surface area contributed by atoms with Gasteiger partial charge in [-0.2, -0.15) is 8.78 Å². The van der Waals surface area contributed by atoms with Gasteiger partial charge in [-0.3, -0.25) is 0 Å². The summed E-state index contributed by atoms with van der Waals surface area (Å²) in [4.78, 5) is 9.69. The number of rotatable bonds is 3. The molecule has 0 aromatic carbocycles. The maximum absolute atomic E-state index is 11.8. The largest absolute Gasteiger partial charge is 0.443 e. The maximum Gasteiger partial charge on any atom is 0.404 e. The fourth-order valence-electron chi connectivity index (χ4n) is 0.230. The molecule has 7 heteroatoms. The molecule has 66 valence electrons. The monoisotopic (exact) mass is 175 g/mol. The Balaban J connectivity index is 3.82. The van der Waals surface area contributed by atoms with Crippen molar-refractivity contribution in [2.24, 2.45) is 5.73 Å². The van der Waals surface area contributed by atoms with Crippen molar-refractivity contribution in [3.63, 3.8) is 0 Å². The highest BCUT2D eigenvalue weighted by Gasteiger charge is 2.42. The molecule has 0 bridgehead atoms. The van der Waals surface area contributed by atoms with Crippen LogP contribution in [0.3, 0.4) is 0 Å². The molecule has 2 N–H and O–H groups in total. The Labute approximate surface area is 59.1 Å². The number of halogens is 4. The van der Waals surface area contributed by atoms with Crippen molar-refractivity contribution in [1.29, 1.82) is 0 Å².